The van der Waals surface area contributed by atoms with E-state index in [-0.39, 0.29) is 23.3 Å². The summed E-state index contributed by atoms with van der Waals surface area (Å²) in [5.74, 6) is -0.377. The highest BCUT2D eigenvalue weighted by Gasteiger charge is 2.55. The first-order valence-corrected chi connectivity index (χ1v) is 12.8. The lowest BCUT2D eigenvalue weighted by Gasteiger charge is -2.56. The predicted molar refractivity (Wildman–Crippen MR) is 134 cm³/mol. The lowest BCUT2D eigenvalue weighted by molar-refractivity contribution is -0.132. The average molecular weight is 533 g/mol. The Morgan fingerprint density at radius 3 is 2.62 bits per heavy atom. The van der Waals surface area contributed by atoms with Gasteiger partial charge in [0.25, 0.3) is 11.8 Å². The summed E-state index contributed by atoms with van der Waals surface area (Å²) in [5, 5.41) is 17.1. The summed E-state index contributed by atoms with van der Waals surface area (Å²) < 4.78 is 24.4. The fourth-order valence-corrected chi connectivity index (χ4v) is 5.63. The topological polar surface area (TPSA) is 113 Å². The van der Waals surface area contributed by atoms with E-state index in [2.05, 4.69) is 20.5 Å². The van der Waals surface area contributed by atoms with Crippen LogP contribution in [-0.2, 0) is 9.53 Å². The van der Waals surface area contributed by atoms with Crippen molar-refractivity contribution >= 4 is 29.2 Å². The number of hydrogen-bond acceptors (Lipinski definition) is 7. The SMILES string of the molecule is O=C(COc1ccc(Cl)c(F)c1)NC12CCC(NC(=O)c3cccc(N4CCOCC4)n3)(CC1)C[C@@H]2O. The van der Waals surface area contributed by atoms with Gasteiger partial charge in [0.2, 0.25) is 0 Å². The number of pyridine rings is 1. The van der Waals surface area contributed by atoms with Crippen LogP contribution in [0.25, 0.3) is 0 Å². The van der Waals surface area contributed by atoms with Gasteiger partial charge in [0.15, 0.2) is 6.61 Å². The zero-order chi connectivity index (χ0) is 26.0. The van der Waals surface area contributed by atoms with Crippen molar-refractivity contribution in [1.29, 1.82) is 0 Å². The highest BCUT2D eigenvalue weighted by atomic mass is 35.5. The van der Waals surface area contributed by atoms with Crippen LogP contribution in [0.5, 0.6) is 5.75 Å². The molecule has 2 amide bonds. The van der Waals surface area contributed by atoms with E-state index < -0.39 is 28.9 Å². The van der Waals surface area contributed by atoms with Gasteiger partial charge in [-0.05, 0) is 56.4 Å². The van der Waals surface area contributed by atoms with Gasteiger partial charge in [-0.25, -0.2) is 9.37 Å². The van der Waals surface area contributed by atoms with Gasteiger partial charge in [-0.1, -0.05) is 17.7 Å². The summed E-state index contributed by atoms with van der Waals surface area (Å²) in [5.41, 5.74) is -1.01. The third-order valence-corrected chi connectivity index (χ3v) is 7.96. The molecule has 1 aromatic carbocycles. The maximum Gasteiger partial charge on any atom is 0.270 e. The molecular formula is C26H30ClFN4O5. The first-order chi connectivity index (χ1) is 17.8. The Morgan fingerprint density at radius 1 is 1.16 bits per heavy atom. The molecule has 2 aromatic rings. The van der Waals surface area contributed by atoms with Crippen LogP contribution in [0.2, 0.25) is 5.02 Å². The summed E-state index contributed by atoms with van der Waals surface area (Å²) in [4.78, 5) is 32.4. The van der Waals surface area contributed by atoms with E-state index in [9.17, 15) is 19.1 Å². The van der Waals surface area contributed by atoms with E-state index in [1.807, 2.05) is 12.1 Å². The minimum absolute atomic E-state index is 0.0283. The van der Waals surface area contributed by atoms with E-state index in [1.54, 1.807) is 6.07 Å². The van der Waals surface area contributed by atoms with E-state index in [4.69, 9.17) is 21.1 Å². The third kappa shape index (κ3) is 5.51. The number of nitrogens with one attached hydrogen (secondary N) is 2. The molecule has 1 saturated heterocycles. The largest absolute Gasteiger partial charge is 0.484 e. The lowest BCUT2D eigenvalue weighted by Crippen LogP contribution is -2.70. The molecule has 1 aliphatic heterocycles. The van der Waals surface area contributed by atoms with Gasteiger partial charge < -0.3 is 30.1 Å². The summed E-state index contributed by atoms with van der Waals surface area (Å²) in [6.07, 6.45) is 1.74. The molecule has 4 aliphatic rings. The highest BCUT2D eigenvalue weighted by Crippen LogP contribution is 2.47. The monoisotopic (exact) mass is 532 g/mol. The number of aliphatic hydroxyl groups is 1. The Balaban J connectivity index is 1.17. The normalized spacial score (nSPS) is 27.0. The molecule has 1 aromatic heterocycles. The zero-order valence-corrected chi connectivity index (χ0v) is 21.1. The third-order valence-electron chi connectivity index (χ3n) is 7.65. The molecule has 198 valence electrons. The number of aliphatic hydroxyl groups excluding tert-OH is 1. The second kappa shape index (κ2) is 10.4. The quantitative estimate of drug-likeness (QED) is 0.502. The number of rotatable bonds is 7. The second-order valence-electron chi connectivity index (χ2n) is 10.0. The molecule has 6 rings (SSSR count). The number of carbonyl (C=O) groups excluding carboxylic acids is 2. The van der Waals surface area contributed by atoms with Crippen LogP contribution in [0, 0.1) is 5.82 Å². The molecule has 1 atom stereocenters. The predicted octanol–water partition coefficient (Wildman–Crippen LogP) is 2.45. The summed E-state index contributed by atoms with van der Waals surface area (Å²) in [6.45, 7) is 2.39. The van der Waals surface area contributed by atoms with Gasteiger partial charge in [0.05, 0.1) is 29.9 Å². The molecule has 37 heavy (non-hydrogen) atoms. The van der Waals surface area contributed by atoms with Crippen LogP contribution in [0.1, 0.15) is 42.6 Å². The number of anilines is 1. The smallest absolute Gasteiger partial charge is 0.270 e. The van der Waals surface area contributed by atoms with Crippen molar-refractivity contribution < 1.29 is 28.6 Å². The number of carbonyl (C=O) groups is 2. The van der Waals surface area contributed by atoms with Crippen molar-refractivity contribution in [3.05, 3.63) is 52.9 Å². The van der Waals surface area contributed by atoms with Gasteiger partial charge in [0.1, 0.15) is 23.1 Å². The lowest BCUT2D eigenvalue weighted by atomic mass is 9.60. The fraction of sp³-hybridized carbons (Fsp3) is 0.500. The number of amides is 2. The minimum Gasteiger partial charge on any atom is -0.484 e. The number of nitrogens with zero attached hydrogens (tertiary/aromatic N) is 2. The number of benzene rings is 1. The van der Waals surface area contributed by atoms with E-state index >= 15 is 0 Å². The van der Waals surface area contributed by atoms with Crippen LogP contribution >= 0.6 is 11.6 Å². The molecule has 9 nitrogen and oxygen atoms in total. The molecular weight excluding hydrogens is 503 g/mol. The van der Waals surface area contributed by atoms with Crippen molar-refractivity contribution in [3.63, 3.8) is 0 Å². The Morgan fingerprint density at radius 2 is 1.92 bits per heavy atom. The summed E-state index contributed by atoms with van der Waals surface area (Å²) in [7, 11) is 0. The van der Waals surface area contributed by atoms with E-state index in [0.717, 1.165) is 25.0 Å². The van der Waals surface area contributed by atoms with Crippen molar-refractivity contribution in [2.75, 3.05) is 37.8 Å². The van der Waals surface area contributed by atoms with Gasteiger partial charge in [-0.2, -0.15) is 0 Å². The van der Waals surface area contributed by atoms with Gasteiger partial charge in [-0.3, -0.25) is 9.59 Å². The van der Waals surface area contributed by atoms with Crippen LogP contribution in [0.15, 0.2) is 36.4 Å². The Kier molecular flexibility index (Phi) is 7.24. The molecule has 2 bridgehead atoms. The first kappa shape index (κ1) is 25.7. The fourth-order valence-electron chi connectivity index (χ4n) is 5.51. The van der Waals surface area contributed by atoms with Crippen molar-refractivity contribution in [1.82, 2.24) is 15.6 Å². The number of ether oxygens (including phenoxy) is 2. The van der Waals surface area contributed by atoms with Crippen molar-refractivity contribution in [2.45, 2.75) is 49.3 Å². The standard InChI is InChI=1S/C26H30ClFN4O5/c27-18-5-4-17(14-19(18)28)37-16-23(34)30-26-8-6-25(7-9-26,15-21(26)33)31-24(35)20-2-1-3-22(29-20)32-10-12-36-13-11-32/h1-5,14,21,33H,6-13,15-16H2,(H,30,34)(H,31,35)/t21-,25?,26?/m0/s1. The number of hydrogen-bond donors (Lipinski definition) is 3. The molecule has 3 saturated carbocycles. The number of morpholine rings is 1. The minimum atomic E-state index is -0.833. The number of halogens is 2. The van der Waals surface area contributed by atoms with Crippen LogP contribution < -0.4 is 20.3 Å². The van der Waals surface area contributed by atoms with E-state index in [0.29, 0.717) is 51.0 Å². The van der Waals surface area contributed by atoms with Gasteiger partial charge >= 0.3 is 0 Å². The molecule has 11 heteroatoms. The molecule has 4 fully saturated rings. The molecule has 0 unspecified atom stereocenters. The molecule has 3 N–H and O–H groups in total. The maximum atomic E-state index is 13.6. The number of fused-ring (bicyclic) bond motifs is 3. The van der Waals surface area contributed by atoms with Gasteiger partial charge in [-0.15, -0.1) is 0 Å². The van der Waals surface area contributed by atoms with E-state index in [1.165, 1.54) is 12.1 Å². The van der Waals surface area contributed by atoms with Gasteiger partial charge in [0, 0.05) is 24.7 Å². The molecule has 2 heterocycles. The molecule has 3 aliphatic carbocycles. The van der Waals surface area contributed by atoms with Crippen LogP contribution in [-0.4, -0.2) is 72.0 Å². The second-order valence-corrected chi connectivity index (χ2v) is 10.4. The Labute approximate surface area is 219 Å². The maximum absolute atomic E-state index is 13.6. The summed E-state index contributed by atoms with van der Waals surface area (Å²) in [6, 6.07) is 9.35. The van der Waals surface area contributed by atoms with Crippen LogP contribution in [0.4, 0.5) is 10.2 Å². The zero-order valence-electron chi connectivity index (χ0n) is 20.3. The van der Waals surface area contributed by atoms with Crippen LogP contribution in [0.3, 0.4) is 0 Å². The Bertz CT molecular complexity index is 1170. The highest BCUT2D eigenvalue weighted by molar-refractivity contribution is 6.30. The molecule has 0 radical (unpaired) electrons. The Hall–Kier alpha value is -2.95. The van der Waals surface area contributed by atoms with Crippen molar-refractivity contribution in [3.8, 4) is 5.75 Å². The summed E-state index contributed by atoms with van der Waals surface area (Å²) >= 11 is 5.67. The molecule has 0 spiro atoms. The number of aromatic nitrogens is 1. The average Bonchev–Trinajstić information content (AvgIpc) is 2.91. The van der Waals surface area contributed by atoms with Crippen molar-refractivity contribution in [2.24, 2.45) is 0 Å². The first-order valence-electron chi connectivity index (χ1n) is 12.5.